The van der Waals surface area contributed by atoms with Crippen LogP contribution in [0.1, 0.15) is 10.4 Å². The lowest BCUT2D eigenvalue weighted by molar-refractivity contribution is 0.0529. The molecule has 0 aliphatic rings. The number of halogens is 1. The van der Waals surface area contributed by atoms with Gasteiger partial charge in [-0.1, -0.05) is 0 Å². The third-order valence-corrected chi connectivity index (χ3v) is 1.57. The van der Waals surface area contributed by atoms with E-state index in [1.54, 1.807) is 0 Å². The number of aromatic hydroxyl groups is 1. The summed E-state index contributed by atoms with van der Waals surface area (Å²) in [4.78, 5) is 11.2. The molecule has 0 aromatic heterocycles. The normalized spacial score (nSPS) is 9.62. The van der Waals surface area contributed by atoms with Gasteiger partial charge in [0.2, 0.25) is 0 Å². The Labute approximate surface area is 80.9 Å². The molecule has 0 aliphatic carbocycles. The van der Waals surface area contributed by atoms with Gasteiger partial charge in [0.15, 0.2) is 0 Å². The Balaban J connectivity index is 2.61. The van der Waals surface area contributed by atoms with E-state index in [0.29, 0.717) is 5.56 Å². The molecule has 13 heavy (non-hydrogen) atoms. The molecule has 1 N–H and O–H groups in total. The molecule has 0 fully saturated rings. The van der Waals surface area contributed by atoms with Crippen molar-refractivity contribution in [2.45, 2.75) is 0 Å². The first-order valence-corrected chi connectivity index (χ1v) is 4.29. The topological polar surface area (TPSA) is 46.5 Å². The molecule has 4 heteroatoms. The van der Waals surface area contributed by atoms with E-state index in [1.165, 1.54) is 24.3 Å². The van der Waals surface area contributed by atoms with Crippen LogP contribution >= 0.6 is 11.6 Å². The van der Waals surface area contributed by atoms with E-state index in [2.05, 4.69) is 0 Å². The highest BCUT2D eigenvalue weighted by atomic mass is 35.5. The molecule has 0 saturated heterocycles. The van der Waals surface area contributed by atoms with E-state index in [0.717, 1.165) is 0 Å². The number of ether oxygens (including phenoxy) is 1. The van der Waals surface area contributed by atoms with E-state index in [4.69, 9.17) is 21.4 Å². The van der Waals surface area contributed by atoms with Crippen LogP contribution in [0.5, 0.6) is 5.75 Å². The third kappa shape index (κ3) is 2.95. The Bertz CT molecular complexity index is 281. The van der Waals surface area contributed by atoms with E-state index >= 15 is 0 Å². The molecule has 0 atom stereocenters. The minimum absolute atomic E-state index is 0.119. The summed E-state index contributed by atoms with van der Waals surface area (Å²) in [6.45, 7) is 0.196. The molecule has 0 amide bonds. The van der Waals surface area contributed by atoms with Crippen LogP contribution < -0.4 is 0 Å². The minimum Gasteiger partial charge on any atom is -0.508 e. The number of carbonyl (C=O) groups is 1. The van der Waals surface area contributed by atoms with E-state index in [9.17, 15) is 4.79 Å². The van der Waals surface area contributed by atoms with Crippen molar-refractivity contribution in [3.63, 3.8) is 0 Å². The summed E-state index contributed by atoms with van der Waals surface area (Å²) in [6.07, 6.45) is 0. The number of carbonyl (C=O) groups excluding carboxylic acids is 1. The van der Waals surface area contributed by atoms with Crippen LogP contribution in [0.3, 0.4) is 0 Å². The fourth-order valence-electron chi connectivity index (χ4n) is 0.812. The van der Waals surface area contributed by atoms with Gasteiger partial charge in [-0.25, -0.2) is 4.79 Å². The number of benzene rings is 1. The van der Waals surface area contributed by atoms with Crippen molar-refractivity contribution in [3.05, 3.63) is 29.8 Å². The second kappa shape index (κ2) is 4.72. The standard InChI is InChI=1S/C9H9ClO3/c10-5-6-13-9(12)7-1-3-8(11)4-2-7/h1-4,11H,5-6H2. The smallest absolute Gasteiger partial charge is 0.338 e. The summed E-state index contributed by atoms with van der Waals surface area (Å²) >= 11 is 5.34. The van der Waals surface area contributed by atoms with Crippen LogP contribution in [0.15, 0.2) is 24.3 Å². The highest BCUT2D eigenvalue weighted by molar-refractivity contribution is 6.18. The van der Waals surface area contributed by atoms with Crippen LogP contribution in [-0.4, -0.2) is 23.6 Å². The van der Waals surface area contributed by atoms with Crippen molar-refractivity contribution in [2.75, 3.05) is 12.5 Å². The first kappa shape index (κ1) is 9.86. The summed E-state index contributed by atoms with van der Waals surface area (Å²) in [7, 11) is 0. The SMILES string of the molecule is O=C(OCCCl)c1ccc(O)cc1. The number of rotatable bonds is 3. The molecule has 1 aromatic rings. The van der Waals surface area contributed by atoms with Crippen LogP contribution in [0.25, 0.3) is 0 Å². The molecule has 0 bridgehead atoms. The molecule has 0 heterocycles. The van der Waals surface area contributed by atoms with Crippen LogP contribution in [0, 0.1) is 0 Å². The van der Waals surface area contributed by atoms with Gasteiger partial charge in [-0.05, 0) is 24.3 Å². The van der Waals surface area contributed by atoms with Crippen molar-refractivity contribution in [1.82, 2.24) is 0 Å². The second-order valence-electron chi connectivity index (χ2n) is 2.37. The molecular weight excluding hydrogens is 192 g/mol. The largest absolute Gasteiger partial charge is 0.508 e. The number of phenols is 1. The monoisotopic (exact) mass is 200 g/mol. The van der Waals surface area contributed by atoms with Crippen molar-refractivity contribution >= 4 is 17.6 Å². The molecule has 3 nitrogen and oxygen atoms in total. The fraction of sp³-hybridized carbons (Fsp3) is 0.222. The number of phenolic OH excluding ortho intramolecular Hbond substituents is 1. The Morgan fingerprint density at radius 2 is 2.00 bits per heavy atom. The van der Waals surface area contributed by atoms with Gasteiger partial charge in [-0.15, -0.1) is 11.6 Å². The molecule has 0 radical (unpaired) electrons. The summed E-state index contributed by atoms with van der Waals surface area (Å²) in [5, 5.41) is 8.94. The van der Waals surface area contributed by atoms with Gasteiger partial charge in [0.05, 0.1) is 11.4 Å². The summed E-state index contributed by atoms with van der Waals surface area (Å²) in [6, 6.07) is 5.84. The molecular formula is C9H9ClO3. The lowest BCUT2D eigenvalue weighted by Crippen LogP contribution is -2.06. The number of hydrogen-bond donors (Lipinski definition) is 1. The van der Waals surface area contributed by atoms with E-state index < -0.39 is 5.97 Å². The zero-order valence-electron chi connectivity index (χ0n) is 6.87. The minimum atomic E-state index is -0.430. The Morgan fingerprint density at radius 1 is 1.38 bits per heavy atom. The average molecular weight is 201 g/mol. The predicted molar refractivity (Wildman–Crippen MR) is 49.1 cm³/mol. The molecule has 1 aromatic carbocycles. The maximum absolute atomic E-state index is 11.2. The first-order chi connectivity index (χ1) is 6.24. The molecule has 0 saturated carbocycles. The van der Waals surface area contributed by atoms with Crippen molar-refractivity contribution in [3.8, 4) is 5.75 Å². The maximum atomic E-state index is 11.2. The predicted octanol–water partition coefficient (Wildman–Crippen LogP) is 1.79. The number of alkyl halides is 1. The first-order valence-electron chi connectivity index (χ1n) is 3.76. The summed E-state index contributed by atoms with van der Waals surface area (Å²) < 4.78 is 4.76. The van der Waals surface area contributed by atoms with E-state index in [-0.39, 0.29) is 18.2 Å². The van der Waals surface area contributed by atoms with Crippen molar-refractivity contribution in [1.29, 1.82) is 0 Å². The number of hydrogen-bond acceptors (Lipinski definition) is 3. The van der Waals surface area contributed by atoms with Crippen LogP contribution in [-0.2, 0) is 4.74 Å². The highest BCUT2D eigenvalue weighted by Gasteiger charge is 2.05. The van der Waals surface area contributed by atoms with Gasteiger partial charge < -0.3 is 9.84 Å². The van der Waals surface area contributed by atoms with Gasteiger partial charge in [-0.2, -0.15) is 0 Å². The van der Waals surface area contributed by atoms with Gasteiger partial charge >= 0.3 is 5.97 Å². The zero-order chi connectivity index (χ0) is 9.68. The van der Waals surface area contributed by atoms with Crippen LogP contribution in [0.2, 0.25) is 0 Å². The number of esters is 1. The van der Waals surface area contributed by atoms with Gasteiger partial charge in [-0.3, -0.25) is 0 Å². The molecule has 70 valence electrons. The Hall–Kier alpha value is -1.22. The maximum Gasteiger partial charge on any atom is 0.338 e. The zero-order valence-corrected chi connectivity index (χ0v) is 7.62. The molecule has 0 spiro atoms. The van der Waals surface area contributed by atoms with Crippen molar-refractivity contribution in [2.24, 2.45) is 0 Å². The van der Waals surface area contributed by atoms with Crippen molar-refractivity contribution < 1.29 is 14.6 Å². The van der Waals surface area contributed by atoms with Crippen LogP contribution in [0.4, 0.5) is 0 Å². The Kier molecular flexibility index (Phi) is 3.58. The second-order valence-corrected chi connectivity index (χ2v) is 2.75. The lowest BCUT2D eigenvalue weighted by Gasteiger charge is -2.01. The third-order valence-electron chi connectivity index (χ3n) is 1.41. The van der Waals surface area contributed by atoms with E-state index in [1.807, 2.05) is 0 Å². The average Bonchev–Trinajstić information content (AvgIpc) is 2.15. The quantitative estimate of drug-likeness (QED) is 0.598. The van der Waals surface area contributed by atoms with Gasteiger partial charge in [0.25, 0.3) is 0 Å². The Morgan fingerprint density at radius 3 is 2.54 bits per heavy atom. The highest BCUT2D eigenvalue weighted by Crippen LogP contribution is 2.10. The summed E-state index contributed by atoms with van der Waals surface area (Å²) in [5.41, 5.74) is 0.405. The van der Waals surface area contributed by atoms with Gasteiger partial charge in [0, 0.05) is 0 Å². The molecule has 0 unspecified atom stereocenters. The van der Waals surface area contributed by atoms with Gasteiger partial charge in [0.1, 0.15) is 12.4 Å². The lowest BCUT2D eigenvalue weighted by atomic mass is 10.2. The summed E-state index contributed by atoms with van der Waals surface area (Å²) in [5.74, 6) is -0.0290. The fourth-order valence-corrected chi connectivity index (χ4v) is 0.889. The molecule has 0 aliphatic heterocycles. The molecule has 1 rings (SSSR count).